The lowest BCUT2D eigenvalue weighted by molar-refractivity contribution is 0.507. The smallest absolute Gasteiger partial charge is 0.0959 e. The van der Waals surface area contributed by atoms with Crippen LogP contribution < -0.4 is 0 Å². The van der Waals surface area contributed by atoms with Crippen molar-refractivity contribution in [1.82, 2.24) is 4.90 Å². The van der Waals surface area contributed by atoms with Crippen LogP contribution in [0.25, 0.3) is 0 Å². The van der Waals surface area contributed by atoms with Crippen molar-refractivity contribution < 1.29 is 0 Å². The Morgan fingerprint density at radius 3 is 2.25 bits per heavy atom. The number of hydrogen-bond acceptors (Lipinski definition) is 1. The molecule has 20 heavy (non-hydrogen) atoms. The van der Waals surface area contributed by atoms with E-state index in [2.05, 4.69) is 42.2 Å². The molecule has 0 atom stereocenters. The lowest BCUT2D eigenvalue weighted by atomic mass is 10.2. The third kappa shape index (κ3) is 10.1. The molecule has 0 bridgehead atoms. The Labute approximate surface area is 124 Å². The fraction of sp³-hybridized carbons (Fsp3) is 0.389. The normalized spacial score (nSPS) is 10.3. The van der Waals surface area contributed by atoms with E-state index in [4.69, 9.17) is 0 Å². The Morgan fingerprint density at radius 1 is 1.20 bits per heavy atom. The van der Waals surface area contributed by atoms with E-state index >= 15 is 0 Å². The van der Waals surface area contributed by atoms with Crippen LogP contribution in [-0.4, -0.2) is 24.3 Å². The molecule has 0 saturated carbocycles. The molecule has 0 amide bonds. The Hall–Kier alpha value is -1.83. The van der Waals surface area contributed by atoms with Gasteiger partial charge in [0.1, 0.15) is 0 Å². The van der Waals surface area contributed by atoms with E-state index < -0.39 is 0 Å². The molecular weight excluding hydrogens is 244 g/mol. The van der Waals surface area contributed by atoms with Crippen LogP contribution in [0.5, 0.6) is 0 Å². The maximum atomic E-state index is 4.56. The van der Waals surface area contributed by atoms with Crippen molar-refractivity contribution in [3.63, 3.8) is 0 Å². The molecule has 0 aliphatic heterocycles. The number of benzene rings is 1. The third-order valence-corrected chi connectivity index (χ3v) is 2.55. The van der Waals surface area contributed by atoms with Crippen molar-refractivity contribution in [2.24, 2.45) is 4.99 Å². The molecule has 0 radical (unpaired) electrons. The molecule has 1 aromatic carbocycles. The monoisotopic (exact) mass is 272 g/mol. The molecule has 0 N–H and O–H groups in total. The van der Waals surface area contributed by atoms with Gasteiger partial charge < -0.3 is 4.90 Å². The number of allylic oxidation sites excluding steroid dienone is 1. The summed E-state index contributed by atoms with van der Waals surface area (Å²) in [6.07, 6.45) is 2.93. The summed E-state index contributed by atoms with van der Waals surface area (Å²) in [7, 11) is 2.06. The topological polar surface area (TPSA) is 15.6 Å². The molecule has 0 aromatic heterocycles. The summed E-state index contributed by atoms with van der Waals surface area (Å²) >= 11 is 0. The number of nitrogens with zero attached hydrogens (tertiary/aromatic N) is 2. The first kappa shape index (κ1) is 18.2. The minimum absolute atomic E-state index is 0.755. The van der Waals surface area contributed by atoms with E-state index in [1.165, 1.54) is 11.1 Å². The Morgan fingerprint density at radius 2 is 1.75 bits per heavy atom. The van der Waals surface area contributed by atoms with Crippen molar-refractivity contribution in [3.8, 4) is 0 Å². The van der Waals surface area contributed by atoms with Gasteiger partial charge in [-0.1, -0.05) is 42.0 Å². The van der Waals surface area contributed by atoms with Crippen LogP contribution in [0.2, 0.25) is 0 Å². The predicted octanol–water partition coefficient (Wildman–Crippen LogP) is 4.70. The van der Waals surface area contributed by atoms with Gasteiger partial charge >= 0.3 is 0 Å². The van der Waals surface area contributed by atoms with Gasteiger partial charge in [-0.3, -0.25) is 4.99 Å². The molecule has 1 rings (SSSR count). The molecule has 0 aliphatic rings. The minimum Gasteiger partial charge on any atom is -0.363 e. The van der Waals surface area contributed by atoms with Gasteiger partial charge in [0, 0.05) is 13.6 Å². The van der Waals surface area contributed by atoms with Crippen molar-refractivity contribution in [2.45, 2.75) is 33.7 Å². The van der Waals surface area contributed by atoms with E-state index in [9.17, 15) is 0 Å². The van der Waals surface area contributed by atoms with Crippen molar-refractivity contribution in [3.05, 3.63) is 60.7 Å². The largest absolute Gasteiger partial charge is 0.363 e. The second kappa shape index (κ2) is 11.0. The van der Waals surface area contributed by atoms with Crippen molar-refractivity contribution in [2.75, 3.05) is 13.6 Å². The van der Waals surface area contributed by atoms with Gasteiger partial charge in [-0.25, -0.2) is 0 Å². The molecule has 0 aliphatic carbocycles. The molecule has 0 heterocycles. The first-order valence-corrected chi connectivity index (χ1v) is 6.96. The van der Waals surface area contributed by atoms with Crippen LogP contribution in [0, 0.1) is 0 Å². The van der Waals surface area contributed by atoms with Crippen LogP contribution in [0.1, 0.15) is 32.8 Å². The molecule has 0 spiro atoms. The molecule has 2 nitrogen and oxygen atoms in total. The first-order chi connectivity index (χ1) is 9.47. The number of amidine groups is 1. The highest BCUT2D eigenvalue weighted by Crippen LogP contribution is 2.01. The Balaban J connectivity index is 0.000000796. The molecule has 2 heteroatoms. The third-order valence-electron chi connectivity index (χ3n) is 2.55. The summed E-state index contributed by atoms with van der Waals surface area (Å²) in [5.41, 5.74) is 2.42. The zero-order valence-electron chi connectivity index (χ0n) is 13.4. The Kier molecular flexibility index (Phi) is 10.0. The molecule has 1 aromatic rings. The highest BCUT2D eigenvalue weighted by Gasteiger charge is 1.98. The summed E-state index contributed by atoms with van der Waals surface area (Å²) in [5, 5.41) is 0. The lowest BCUT2D eigenvalue weighted by Gasteiger charge is -2.17. The number of rotatable bonds is 5. The van der Waals surface area contributed by atoms with E-state index in [0.717, 1.165) is 25.3 Å². The Bertz CT molecular complexity index is 414. The molecule has 110 valence electrons. The van der Waals surface area contributed by atoms with Crippen LogP contribution >= 0.6 is 0 Å². The fourth-order valence-electron chi connectivity index (χ4n) is 1.36. The van der Waals surface area contributed by atoms with Crippen molar-refractivity contribution in [1.29, 1.82) is 0 Å². The highest BCUT2D eigenvalue weighted by molar-refractivity contribution is 5.79. The molecule has 0 unspecified atom stereocenters. The predicted molar refractivity (Wildman–Crippen MR) is 91.2 cm³/mol. The van der Waals surface area contributed by atoms with E-state index in [1.807, 2.05) is 45.0 Å². The first-order valence-electron chi connectivity index (χ1n) is 6.96. The fourth-order valence-corrected chi connectivity index (χ4v) is 1.36. The average molecular weight is 272 g/mol. The van der Waals surface area contributed by atoms with Crippen molar-refractivity contribution >= 4 is 5.84 Å². The van der Waals surface area contributed by atoms with Gasteiger partial charge in [-0.2, -0.15) is 0 Å². The lowest BCUT2D eigenvalue weighted by Crippen LogP contribution is -2.25. The zero-order chi connectivity index (χ0) is 15.4. The standard InChI is InChI=1S/C14H20N2.C4H8/c1-4-5-11-16(3)13(2)15-12-14-9-7-6-8-10-14;1-4(2)3/h4,6-10H,1,5,11-12H2,2-3H3;1H2,2-3H3. The van der Waals surface area contributed by atoms with Gasteiger partial charge in [0.15, 0.2) is 0 Å². The summed E-state index contributed by atoms with van der Waals surface area (Å²) < 4.78 is 0. The van der Waals surface area contributed by atoms with Crippen LogP contribution in [-0.2, 0) is 6.54 Å². The summed E-state index contributed by atoms with van der Waals surface area (Å²) in [6, 6.07) is 10.3. The van der Waals surface area contributed by atoms with Gasteiger partial charge in [0.2, 0.25) is 0 Å². The van der Waals surface area contributed by atoms with Gasteiger partial charge in [-0.15, -0.1) is 13.2 Å². The maximum Gasteiger partial charge on any atom is 0.0959 e. The van der Waals surface area contributed by atoms with Crippen LogP contribution in [0.4, 0.5) is 0 Å². The molecular formula is C18H28N2. The summed E-state index contributed by atoms with van der Waals surface area (Å²) in [4.78, 5) is 6.71. The van der Waals surface area contributed by atoms with E-state index in [1.54, 1.807) is 0 Å². The molecule has 0 saturated heterocycles. The van der Waals surface area contributed by atoms with Gasteiger partial charge in [0.05, 0.1) is 12.4 Å². The number of aliphatic imine (C=N–C) groups is 1. The summed E-state index contributed by atoms with van der Waals surface area (Å²) in [6.45, 7) is 15.0. The highest BCUT2D eigenvalue weighted by atomic mass is 15.1. The number of hydrogen-bond donors (Lipinski definition) is 0. The maximum absolute atomic E-state index is 4.56. The van der Waals surface area contributed by atoms with Crippen LogP contribution in [0.15, 0.2) is 60.1 Å². The van der Waals surface area contributed by atoms with Gasteiger partial charge in [0.25, 0.3) is 0 Å². The summed E-state index contributed by atoms with van der Waals surface area (Å²) in [5.74, 6) is 1.07. The zero-order valence-corrected chi connectivity index (χ0v) is 13.4. The molecule has 0 fully saturated rings. The van der Waals surface area contributed by atoms with Crippen LogP contribution in [0.3, 0.4) is 0 Å². The second-order valence-corrected chi connectivity index (χ2v) is 5.06. The average Bonchev–Trinajstić information content (AvgIpc) is 2.42. The second-order valence-electron chi connectivity index (χ2n) is 5.06. The van der Waals surface area contributed by atoms with Gasteiger partial charge in [-0.05, 0) is 32.8 Å². The van der Waals surface area contributed by atoms with E-state index in [0.29, 0.717) is 0 Å². The van der Waals surface area contributed by atoms with E-state index in [-0.39, 0.29) is 0 Å². The SMILES string of the molecule is C=C(C)C.C=CCCN(C)C(C)=NCc1ccccc1. The quantitative estimate of drug-likeness (QED) is 0.431. The minimum atomic E-state index is 0.755.